The number of likely N-dealkylation sites (N-methyl/N-ethyl adjacent to an activating group) is 1. The molecule has 2 amide bonds. The van der Waals surface area contributed by atoms with Gasteiger partial charge in [-0.05, 0) is 70.5 Å². The highest BCUT2D eigenvalue weighted by molar-refractivity contribution is 6.30. The molecule has 1 atom stereocenters. The van der Waals surface area contributed by atoms with Gasteiger partial charge in [-0.2, -0.15) is 5.10 Å². The summed E-state index contributed by atoms with van der Waals surface area (Å²) in [6.07, 6.45) is 3.42. The van der Waals surface area contributed by atoms with Gasteiger partial charge in [0.1, 0.15) is 17.0 Å². The van der Waals surface area contributed by atoms with Gasteiger partial charge in [-0.1, -0.05) is 11.6 Å². The van der Waals surface area contributed by atoms with E-state index in [1.807, 2.05) is 20.8 Å². The average molecular weight is 569 g/mol. The molecule has 1 fully saturated rings. The lowest BCUT2D eigenvalue weighted by molar-refractivity contribution is 0.0237. The van der Waals surface area contributed by atoms with Crippen molar-refractivity contribution in [1.29, 1.82) is 0 Å². The minimum Gasteiger partial charge on any atom is -0.462 e. The Morgan fingerprint density at radius 2 is 1.88 bits per heavy atom. The van der Waals surface area contributed by atoms with Crippen LogP contribution in [0.2, 0.25) is 5.02 Å². The van der Waals surface area contributed by atoms with E-state index in [0.29, 0.717) is 22.9 Å². The van der Waals surface area contributed by atoms with Gasteiger partial charge in [-0.3, -0.25) is 4.79 Å². The lowest BCUT2D eigenvalue weighted by Gasteiger charge is -2.28. The van der Waals surface area contributed by atoms with Crippen LogP contribution >= 0.6 is 11.6 Å². The van der Waals surface area contributed by atoms with Crippen molar-refractivity contribution in [2.45, 2.75) is 45.8 Å². The summed E-state index contributed by atoms with van der Waals surface area (Å²) in [6, 6.07) is 10.3. The van der Waals surface area contributed by atoms with Crippen LogP contribution < -0.4 is 10.2 Å². The summed E-state index contributed by atoms with van der Waals surface area (Å²) in [5, 5.41) is 7.65. The molecule has 0 bridgehead atoms. The van der Waals surface area contributed by atoms with E-state index < -0.39 is 17.5 Å². The number of carbonyl (C=O) groups is 3. The quantitative estimate of drug-likeness (QED) is 0.404. The molecule has 0 aliphatic carbocycles. The fourth-order valence-corrected chi connectivity index (χ4v) is 4.34. The van der Waals surface area contributed by atoms with E-state index in [9.17, 15) is 14.4 Å². The molecule has 1 saturated heterocycles. The number of aromatic nitrogens is 3. The number of hydrogen-bond donors (Lipinski definition) is 1. The van der Waals surface area contributed by atoms with E-state index in [1.165, 1.54) is 10.9 Å². The molecule has 0 saturated carbocycles. The molecule has 0 radical (unpaired) electrons. The molecule has 11 nitrogen and oxygen atoms in total. The molecule has 1 unspecified atom stereocenters. The number of benzene rings is 1. The Labute approximate surface area is 238 Å². The Balaban J connectivity index is 1.44. The van der Waals surface area contributed by atoms with Crippen LogP contribution in [0.25, 0.3) is 5.69 Å². The van der Waals surface area contributed by atoms with E-state index >= 15 is 0 Å². The lowest BCUT2D eigenvalue weighted by Crippen LogP contribution is -2.42. The zero-order valence-electron chi connectivity index (χ0n) is 23.2. The van der Waals surface area contributed by atoms with Crippen LogP contribution in [0.5, 0.6) is 0 Å². The molecule has 1 aliphatic rings. The van der Waals surface area contributed by atoms with Crippen molar-refractivity contribution in [3.05, 3.63) is 65.1 Å². The van der Waals surface area contributed by atoms with Crippen LogP contribution in [0.15, 0.2) is 48.8 Å². The fourth-order valence-electron chi connectivity index (χ4n) is 4.21. The zero-order valence-corrected chi connectivity index (χ0v) is 23.9. The van der Waals surface area contributed by atoms with Gasteiger partial charge in [-0.25, -0.2) is 19.3 Å². The normalized spacial score (nSPS) is 15.1. The number of pyridine rings is 1. The molecule has 2 aromatic heterocycles. The van der Waals surface area contributed by atoms with Crippen molar-refractivity contribution in [1.82, 2.24) is 19.7 Å². The summed E-state index contributed by atoms with van der Waals surface area (Å²) >= 11 is 5.98. The number of anilines is 2. The first kappa shape index (κ1) is 28.9. The van der Waals surface area contributed by atoms with Crippen molar-refractivity contribution < 1.29 is 23.9 Å². The van der Waals surface area contributed by atoms with Crippen molar-refractivity contribution in [3.8, 4) is 5.69 Å². The number of ether oxygens (including phenoxy) is 2. The molecular formula is C28H33ClN6O5. The summed E-state index contributed by atoms with van der Waals surface area (Å²) in [6.45, 7) is 8.70. The minimum atomic E-state index is -0.652. The number of amides is 2. The molecule has 40 heavy (non-hydrogen) atoms. The summed E-state index contributed by atoms with van der Waals surface area (Å²) in [5.74, 6) is -0.510. The second kappa shape index (κ2) is 12.0. The Kier molecular flexibility index (Phi) is 8.63. The second-order valence-electron chi connectivity index (χ2n) is 10.4. The van der Waals surface area contributed by atoms with Crippen LogP contribution in [0.1, 0.15) is 55.0 Å². The average Bonchev–Trinajstić information content (AvgIpc) is 3.57. The van der Waals surface area contributed by atoms with Gasteiger partial charge in [0, 0.05) is 31.4 Å². The molecule has 0 spiro atoms. The number of hydrogen-bond acceptors (Lipinski definition) is 8. The van der Waals surface area contributed by atoms with E-state index in [0.717, 1.165) is 18.8 Å². The van der Waals surface area contributed by atoms with Crippen LogP contribution in [0, 0.1) is 0 Å². The lowest BCUT2D eigenvalue weighted by atomic mass is 10.2. The molecule has 212 valence electrons. The van der Waals surface area contributed by atoms with Gasteiger partial charge in [0.25, 0.3) is 5.91 Å². The molecule has 3 aromatic rings. The SMILES string of the molecule is CCOC(=O)c1cn(-c2ccc(Cl)cc2)nc1C(=O)Nc1ccc(N2CCC(N(C)C(=O)OC(C)(C)C)C2)nc1. The number of halogens is 1. The maximum absolute atomic E-state index is 13.2. The van der Waals surface area contributed by atoms with E-state index in [1.54, 1.807) is 61.5 Å². The van der Waals surface area contributed by atoms with Crippen molar-refractivity contribution in [3.63, 3.8) is 0 Å². The van der Waals surface area contributed by atoms with Gasteiger partial charge in [0.15, 0.2) is 5.69 Å². The molecule has 12 heteroatoms. The summed E-state index contributed by atoms with van der Waals surface area (Å²) in [4.78, 5) is 46.4. The Hall–Kier alpha value is -4.12. The van der Waals surface area contributed by atoms with Gasteiger partial charge >= 0.3 is 12.1 Å². The molecule has 3 heterocycles. The van der Waals surface area contributed by atoms with Crippen molar-refractivity contribution in [2.24, 2.45) is 0 Å². The van der Waals surface area contributed by atoms with Gasteiger partial charge < -0.3 is 24.6 Å². The zero-order chi connectivity index (χ0) is 29.0. The Bertz CT molecular complexity index is 1370. The van der Waals surface area contributed by atoms with Crippen molar-refractivity contribution in [2.75, 3.05) is 37.0 Å². The van der Waals surface area contributed by atoms with Crippen LogP contribution in [0.4, 0.5) is 16.3 Å². The maximum atomic E-state index is 13.2. The topological polar surface area (TPSA) is 119 Å². The third-order valence-corrected chi connectivity index (χ3v) is 6.49. The maximum Gasteiger partial charge on any atom is 0.410 e. The number of nitrogens with zero attached hydrogens (tertiary/aromatic N) is 5. The second-order valence-corrected chi connectivity index (χ2v) is 10.8. The molecule has 1 aromatic carbocycles. The number of esters is 1. The largest absolute Gasteiger partial charge is 0.462 e. The highest BCUT2D eigenvalue weighted by atomic mass is 35.5. The summed E-state index contributed by atoms with van der Waals surface area (Å²) in [7, 11) is 1.74. The third kappa shape index (κ3) is 6.90. The van der Waals surface area contributed by atoms with Crippen LogP contribution in [0.3, 0.4) is 0 Å². The van der Waals surface area contributed by atoms with Gasteiger partial charge in [0.05, 0.1) is 30.2 Å². The Morgan fingerprint density at radius 3 is 2.50 bits per heavy atom. The first-order chi connectivity index (χ1) is 18.9. The predicted molar refractivity (Wildman–Crippen MR) is 151 cm³/mol. The smallest absolute Gasteiger partial charge is 0.410 e. The highest BCUT2D eigenvalue weighted by Gasteiger charge is 2.31. The Morgan fingerprint density at radius 1 is 1.15 bits per heavy atom. The van der Waals surface area contributed by atoms with Crippen LogP contribution in [-0.4, -0.2) is 76.0 Å². The van der Waals surface area contributed by atoms with Crippen molar-refractivity contribution >= 4 is 41.1 Å². The molecule has 1 aliphatic heterocycles. The highest BCUT2D eigenvalue weighted by Crippen LogP contribution is 2.24. The predicted octanol–water partition coefficient (Wildman–Crippen LogP) is 4.80. The first-order valence-corrected chi connectivity index (χ1v) is 13.3. The summed E-state index contributed by atoms with van der Waals surface area (Å²) in [5.41, 5.74) is 0.463. The number of rotatable bonds is 7. The molecule has 1 N–H and O–H groups in total. The van der Waals surface area contributed by atoms with E-state index in [-0.39, 0.29) is 30.0 Å². The van der Waals surface area contributed by atoms with Gasteiger partial charge in [0.2, 0.25) is 0 Å². The van der Waals surface area contributed by atoms with E-state index in [4.69, 9.17) is 21.1 Å². The number of nitrogens with one attached hydrogen (secondary N) is 1. The standard InChI is InChI=1S/C28H33ClN6O5/c1-6-39-26(37)22-17-35(20-10-7-18(29)8-11-20)32-24(22)25(36)31-19-9-12-23(30-15-19)34-14-13-21(16-34)33(5)27(38)40-28(2,3)4/h7-12,15,17,21H,6,13-14,16H2,1-5H3,(H,31,36). The number of carbonyl (C=O) groups excluding carboxylic acids is 3. The molecule has 4 rings (SSSR count). The monoisotopic (exact) mass is 568 g/mol. The third-order valence-electron chi connectivity index (χ3n) is 6.24. The van der Waals surface area contributed by atoms with Crippen LogP contribution in [-0.2, 0) is 9.47 Å². The minimum absolute atomic E-state index is 0.00641. The van der Waals surface area contributed by atoms with Gasteiger partial charge in [-0.15, -0.1) is 0 Å². The molecular weight excluding hydrogens is 536 g/mol. The van der Waals surface area contributed by atoms with E-state index in [2.05, 4.69) is 20.3 Å². The first-order valence-electron chi connectivity index (χ1n) is 13.0. The summed E-state index contributed by atoms with van der Waals surface area (Å²) < 4.78 is 12.0. The fraction of sp³-hybridized carbons (Fsp3) is 0.393.